The second-order valence-corrected chi connectivity index (χ2v) is 3.98. The lowest BCUT2D eigenvalue weighted by Gasteiger charge is -2.24. The Hall–Kier alpha value is -1.88. The van der Waals surface area contributed by atoms with E-state index in [-0.39, 0.29) is 18.9 Å². The van der Waals surface area contributed by atoms with Gasteiger partial charge in [-0.05, 0) is 5.56 Å². The predicted molar refractivity (Wildman–Crippen MR) is 66.2 cm³/mol. The first-order chi connectivity index (χ1) is 8.56. The van der Waals surface area contributed by atoms with E-state index in [1.807, 2.05) is 30.3 Å². The zero-order chi connectivity index (χ0) is 13.5. The van der Waals surface area contributed by atoms with Crippen LogP contribution in [0.3, 0.4) is 0 Å². The number of likely N-dealkylation sites (N-methyl/N-ethyl adjacent to an activating group) is 1. The molecule has 1 rings (SSSR count). The minimum atomic E-state index is -1.02. The normalized spacial score (nSPS) is 11.9. The summed E-state index contributed by atoms with van der Waals surface area (Å²) >= 11 is 0. The van der Waals surface area contributed by atoms with Crippen LogP contribution >= 0.6 is 0 Å². The van der Waals surface area contributed by atoms with Gasteiger partial charge in [-0.3, -0.25) is 4.79 Å². The van der Waals surface area contributed by atoms with Crippen molar-refractivity contribution in [1.82, 2.24) is 4.90 Å². The number of benzene rings is 1. The van der Waals surface area contributed by atoms with Crippen LogP contribution < -0.4 is 0 Å². The van der Waals surface area contributed by atoms with Crippen LogP contribution in [-0.2, 0) is 20.7 Å². The summed E-state index contributed by atoms with van der Waals surface area (Å²) in [6, 6.07) is 8.33. The summed E-state index contributed by atoms with van der Waals surface area (Å²) in [4.78, 5) is 24.0. The number of amides is 1. The summed E-state index contributed by atoms with van der Waals surface area (Å²) in [6.07, 6.45) is 0.280. The van der Waals surface area contributed by atoms with Crippen molar-refractivity contribution in [3.05, 3.63) is 35.9 Å². The third kappa shape index (κ3) is 3.85. The monoisotopic (exact) mass is 251 g/mol. The summed E-state index contributed by atoms with van der Waals surface area (Å²) in [5.74, 6) is -1.37. The Kier molecular flexibility index (Phi) is 5.32. The van der Waals surface area contributed by atoms with Crippen LogP contribution in [0.4, 0.5) is 0 Å². The average molecular weight is 251 g/mol. The molecule has 0 heterocycles. The Balaban J connectivity index is 2.77. The number of rotatable bonds is 6. The van der Waals surface area contributed by atoms with Gasteiger partial charge in [-0.15, -0.1) is 0 Å². The van der Waals surface area contributed by atoms with Gasteiger partial charge in [0.15, 0.2) is 0 Å². The maximum Gasteiger partial charge on any atom is 0.326 e. The maximum atomic E-state index is 11.6. The van der Waals surface area contributed by atoms with Crippen LogP contribution in [0, 0.1) is 0 Å². The van der Waals surface area contributed by atoms with Crippen molar-refractivity contribution in [1.29, 1.82) is 0 Å². The van der Waals surface area contributed by atoms with Gasteiger partial charge in [0.05, 0.1) is 0 Å². The summed E-state index contributed by atoms with van der Waals surface area (Å²) < 4.78 is 4.72. The van der Waals surface area contributed by atoms with Gasteiger partial charge in [0.2, 0.25) is 5.91 Å². The Morgan fingerprint density at radius 2 is 1.94 bits per heavy atom. The third-order valence-corrected chi connectivity index (χ3v) is 2.69. The molecule has 0 fully saturated rings. The average Bonchev–Trinajstić information content (AvgIpc) is 2.36. The van der Waals surface area contributed by atoms with E-state index >= 15 is 0 Å². The quantitative estimate of drug-likeness (QED) is 0.811. The first-order valence-corrected chi connectivity index (χ1v) is 5.57. The highest BCUT2D eigenvalue weighted by molar-refractivity contribution is 5.84. The summed E-state index contributed by atoms with van der Waals surface area (Å²) in [5.41, 5.74) is 0.877. The Labute approximate surface area is 106 Å². The fourth-order valence-electron chi connectivity index (χ4n) is 1.63. The molecule has 1 aromatic rings. The Morgan fingerprint density at radius 3 is 2.44 bits per heavy atom. The van der Waals surface area contributed by atoms with Crippen LogP contribution in [0.2, 0.25) is 0 Å². The van der Waals surface area contributed by atoms with Gasteiger partial charge in [-0.25, -0.2) is 4.79 Å². The molecule has 98 valence electrons. The maximum absolute atomic E-state index is 11.6. The standard InChI is InChI=1S/C13H17NO4/c1-14(12(15)9-18-2)11(13(16)17)8-10-6-4-3-5-7-10/h3-7,11H,8-9H2,1-2H3,(H,16,17). The van der Waals surface area contributed by atoms with E-state index < -0.39 is 12.0 Å². The van der Waals surface area contributed by atoms with E-state index in [1.165, 1.54) is 19.1 Å². The fraction of sp³-hybridized carbons (Fsp3) is 0.385. The molecule has 0 radical (unpaired) electrons. The molecule has 5 heteroatoms. The van der Waals surface area contributed by atoms with Crippen molar-refractivity contribution in [2.75, 3.05) is 20.8 Å². The number of carbonyl (C=O) groups excluding carboxylic acids is 1. The number of hydrogen-bond donors (Lipinski definition) is 1. The molecule has 0 bridgehead atoms. The third-order valence-electron chi connectivity index (χ3n) is 2.69. The zero-order valence-corrected chi connectivity index (χ0v) is 10.5. The number of aliphatic carboxylic acids is 1. The number of hydrogen-bond acceptors (Lipinski definition) is 3. The largest absolute Gasteiger partial charge is 0.480 e. The van der Waals surface area contributed by atoms with E-state index in [4.69, 9.17) is 4.74 Å². The van der Waals surface area contributed by atoms with Gasteiger partial charge in [0, 0.05) is 20.6 Å². The number of carboxylic acids is 1. The second-order valence-electron chi connectivity index (χ2n) is 3.98. The molecule has 0 spiro atoms. The van der Waals surface area contributed by atoms with Crippen LogP contribution in [0.1, 0.15) is 5.56 Å². The molecule has 1 unspecified atom stereocenters. The molecule has 0 aliphatic carbocycles. The van der Waals surface area contributed by atoms with E-state index in [9.17, 15) is 14.7 Å². The first kappa shape index (κ1) is 14.2. The number of methoxy groups -OCH3 is 1. The Morgan fingerprint density at radius 1 is 1.33 bits per heavy atom. The minimum Gasteiger partial charge on any atom is -0.480 e. The molecule has 1 aromatic carbocycles. The summed E-state index contributed by atoms with van der Waals surface area (Å²) in [7, 11) is 2.88. The SMILES string of the molecule is COCC(=O)N(C)C(Cc1ccccc1)C(=O)O. The van der Waals surface area contributed by atoms with Gasteiger partial charge >= 0.3 is 5.97 Å². The van der Waals surface area contributed by atoms with E-state index in [0.717, 1.165) is 5.56 Å². The zero-order valence-electron chi connectivity index (χ0n) is 10.5. The molecule has 1 amide bonds. The molecule has 5 nitrogen and oxygen atoms in total. The number of nitrogens with zero attached hydrogens (tertiary/aromatic N) is 1. The van der Waals surface area contributed by atoms with Gasteiger partial charge in [0.25, 0.3) is 0 Å². The van der Waals surface area contributed by atoms with E-state index in [0.29, 0.717) is 0 Å². The number of carboxylic acid groups (broad SMARTS) is 1. The number of ether oxygens (including phenoxy) is 1. The van der Waals surface area contributed by atoms with Crippen LogP contribution in [0.25, 0.3) is 0 Å². The molecule has 0 aromatic heterocycles. The van der Waals surface area contributed by atoms with Crippen molar-refractivity contribution in [2.45, 2.75) is 12.5 Å². The predicted octanol–water partition coefficient (Wildman–Crippen LogP) is 0.787. The molecule has 0 saturated heterocycles. The summed E-state index contributed by atoms with van der Waals surface area (Å²) in [6.45, 7) is -0.116. The highest BCUT2D eigenvalue weighted by atomic mass is 16.5. The molecule has 18 heavy (non-hydrogen) atoms. The molecule has 0 saturated carbocycles. The van der Waals surface area contributed by atoms with Gasteiger partial charge < -0.3 is 14.7 Å². The summed E-state index contributed by atoms with van der Waals surface area (Å²) in [5, 5.41) is 9.19. The lowest BCUT2D eigenvalue weighted by Crippen LogP contribution is -2.45. The lowest BCUT2D eigenvalue weighted by atomic mass is 10.1. The molecule has 1 N–H and O–H groups in total. The smallest absolute Gasteiger partial charge is 0.326 e. The van der Waals surface area contributed by atoms with Crippen molar-refractivity contribution in [3.8, 4) is 0 Å². The minimum absolute atomic E-state index is 0.116. The topological polar surface area (TPSA) is 66.8 Å². The molecule has 1 atom stereocenters. The fourth-order valence-corrected chi connectivity index (χ4v) is 1.63. The van der Waals surface area contributed by atoms with Gasteiger partial charge in [-0.1, -0.05) is 30.3 Å². The van der Waals surface area contributed by atoms with Crippen molar-refractivity contribution in [3.63, 3.8) is 0 Å². The molecular formula is C13H17NO4. The van der Waals surface area contributed by atoms with E-state index in [2.05, 4.69) is 0 Å². The molecule has 0 aliphatic rings. The molecule has 0 aliphatic heterocycles. The van der Waals surface area contributed by atoms with E-state index in [1.54, 1.807) is 0 Å². The van der Waals surface area contributed by atoms with Gasteiger partial charge in [0.1, 0.15) is 12.6 Å². The number of carbonyl (C=O) groups is 2. The first-order valence-electron chi connectivity index (χ1n) is 5.57. The van der Waals surface area contributed by atoms with Crippen LogP contribution in [0.5, 0.6) is 0 Å². The van der Waals surface area contributed by atoms with Crippen LogP contribution in [0.15, 0.2) is 30.3 Å². The van der Waals surface area contributed by atoms with Gasteiger partial charge in [-0.2, -0.15) is 0 Å². The van der Waals surface area contributed by atoms with Crippen molar-refractivity contribution < 1.29 is 19.4 Å². The van der Waals surface area contributed by atoms with Crippen molar-refractivity contribution in [2.24, 2.45) is 0 Å². The molecular weight excluding hydrogens is 234 g/mol. The van der Waals surface area contributed by atoms with Crippen LogP contribution in [-0.4, -0.2) is 48.7 Å². The lowest BCUT2D eigenvalue weighted by molar-refractivity contribution is -0.150. The second kappa shape index (κ2) is 6.76. The highest BCUT2D eigenvalue weighted by Gasteiger charge is 2.26. The van der Waals surface area contributed by atoms with Crippen molar-refractivity contribution >= 4 is 11.9 Å². The Bertz CT molecular complexity index is 405. The highest BCUT2D eigenvalue weighted by Crippen LogP contribution is 2.08.